The van der Waals surface area contributed by atoms with E-state index in [-0.39, 0.29) is 17.3 Å². The molecule has 24 heavy (non-hydrogen) atoms. The van der Waals surface area contributed by atoms with Crippen LogP contribution in [0, 0.1) is 0 Å². The molecule has 10 heteroatoms. The van der Waals surface area contributed by atoms with Gasteiger partial charge in [-0.2, -0.15) is 13.2 Å². The number of tetrazole rings is 1. The van der Waals surface area contributed by atoms with Crippen LogP contribution in [0.15, 0.2) is 30.3 Å². The van der Waals surface area contributed by atoms with E-state index in [0.29, 0.717) is 16.8 Å². The minimum absolute atomic E-state index is 0.154. The number of hydrogen-bond donors (Lipinski definition) is 2. The highest BCUT2D eigenvalue weighted by molar-refractivity contribution is 5.83. The Kier molecular flexibility index (Phi) is 3.80. The zero-order valence-electron chi connectivity index (χ0n) is 12.3. The van der Waals surface area contributed by atoms with Crippen molar-refractivity contribution in [3.63, 3.8) is 0 Å². The first kappa shape index (κ1) is 15.7. The number of nitrogens with two attached hydrogens (primary N) is 1. The third-order valence-corrected chi connectivity index (χ3v) is 3.26. The lowest BCUT2D eigenvalue weighted by Gasteiger charge is -2.13. The predicted molar refractivity (Wildman–Crippen MR) is 78.8 cm³/mol. The number of aromatic nitrogens is 5. The number of methoxy groups -OCH3 is 1. The summed E-state index contributed by atoms with van der Waals surface area (Å²) in [5.41, 5.74) is 6.29. The number of halogens is 3. The van der Waals surface area contributed by atoms with Crippen LogP contribution in [-0.2, 0) is 6.18 Å². The molecule has 3 aromatic rings. The number of hydrogen-bond acceptors (Lipinski definition) is 6. The summed E-state index contributed by atoms with van der Waals surface area (Å²) in [5.74, 6) is 0.125. The van der Waals surface area contributed by atoms with E-state index < -0.39 is 11.9 Å². The summed E-state index contributed by atoms with van der Waals surface area (Å²) in [6, 6.07) is 7.05. The summed E-state index contributed by atoms with van der Waals surface area (Å²) < 4.78 is 44.1. The zero-order valence-corrected chi connectivity index (χ0v) is 12.3. The number of ether oxygens (including phenoxy) is 1. The summed E-state index contributed by atoms with van der Waals surface area (Å²) in [6.07, 6.45) is -4.61. The van der Waals surface area contributed by atoms with Crippen molar-refractivity contribution in [2.24, 2.45) is 0 Å². The molecule has 1 aromatic carbocycles. The molecular weight excluding hydrogens is 325 g/mol. The molecule has 124 valence electrons. The fourth-order valence-electron chi connectivity index (χ4n) is 2.19. The van der Waals surface area contributed by atoms with E-state index in [0.717, 1.165) is 6.07 Å². The fraction of sp³-hybridized carbons (Fsp3) is 0.143. The molecule has 0 atom stereocenters. The molecule has 3 N–H and O–H groups in total. The van der Waals surface area contributed by atoms with E-state index >= 15 is 0 Å². The summed E-state index contributed by atoms with van der Waals surface area (Å²) in [6.45, 7) is 0. The lowest BCUT2D eigenvalue weighted by Crippen LogP contribution is -2.09. The minimum atomic E-state index is -4.61. The van der Waals surface area contributed by atoms with Gasteiger partial charge in [0.25, 0.3) is 0 Å². The molecule has 0 saturated carbocycles. The SMILES string of the molecule is COc1cc(-c2ccc(N)cc2-c2nnn[nH]2)cc(C(F)(F)F)n1. The highest BCUT2D eigenvalue weighted by Gasteiger charge is 2.33. The molecule has 0 spiro atoms. The Balaban J connectivity index is 2.23. The van der Waals surface area contributed by atoms with Crippen LogP contribution in [0.5, 0.6) is 5.88 Å². The molecule has 7 nitrogen and oxygen atoms in total. The fourth-order valence-corrected chi connectivity index (χ4v) is 2.19. The van der Waals surface area contributed by atoms with Crippen LogP contribution in [0.1, 0.15) is 5.69 Å². The summed E-state index contributed by atoms with van der Waals surface area (Å²) in [4.78, 5) is 3.44. The smallest absolute Gasteiger partial charge is 0.433 e. The number of anilines is 1. The van der Waals surface area contributed by atoms with Crippen LogP contribution in [0.3, 0.4) is 0 Å². The lowest BCUT2D eigenvalue weighted by atomic mass is 9.98. The van der Waals surface area contributed by atoms with Gasteiger partial charge in [0.05, 0.1) is 7.11 Å². The van der Waals surface area contributed by atoms with Crippen LogP contribution < -0.4 is 10.5 Å². The van der Waals surface area contributed by atoms with Crippen molar-refractivity contribution in [2.45, 2.75) is 6.18 Å². The van der Waals surface area contributed by atoms with Gasteiger partial charge in [-0.15, -0.1) is 5.10 Å². The largest absolute Gasteiger partial charge is 0.481 e. The van der Waals surface area contributed by atoms with E-state index in [4.69, 9.17) is 10.5 Å². The van der Waals surface area contributed by atoms with Crippen LogP contribution in [0.2, 0.25) is 0 Å². The predicted octanol–water partition coefficient (Wildman–Crippen LogP) is 2.54. The number of pyridine rings is 1. The van der Waals surface area contributed by atoms with Gasteiger partial charge in [-0.3, -0.25) is 0 Å². The lowest BCUT2D eigenvalue weighted by molar-refractivity contribution is -0.141. The third-order valence-electron chi connectivity index (χ3n) is 3.26. The van der Waals surface area contributed by atoms with Crippen LogP contribution in [0.4, 0.5) is 18.9 Å². The van der Waals surface area contributed by atoms with Gasteiger partial charge in [0, 0.05) is 17.3 Å². The Hall–Kier alpha value is -3.17. The number of nitrogen functional groups attached to an aromatic ring is 1. The quantitative estimate of drug-likeness (QED) is 0.713. The van der Waals surface area contributed by atoms with Crippen LogP contribution in [0.25, 0.3) is 22.5 Å². The normalized spacial score (nSPS) is 11.5. The highest BCUT2D eigenvalue weighted by atomic mass is 19.4. The topological polar surface area (TPSA) is 103 Å². The van der Waals surface area contributed by atoms with E-state index in [1.54, 1.807) is 18.2 Å². The van der Waals surface area contributed by atoms with Crippen LogP contribution in [-0.4, -0.2) is 32.7 Å². The average molecular weight is 336 g/mol. The molecule has 0 aliphatic rings. The number of rotatable bonds is 3. The Morgan fingerprint density at radius 3 is 2.54 bits per heavy atom. The number of aromatic amines is 1. The maximum absolute atomic E-state index is 13.1. The standard InChI is InChI=1S/C14H11F3N6O/c1-24-12-5-7(4-11(19-12)14(15,16)17)9-3-2-8(18)6-10(9)13-20-22-23-21-13/h2-6H,18H2,1H3,(H,20,21,22,23). The third kappa shape index (κ3) is 2.98. The summed E-state index contributed by atoms with van der Waals surface area (Å²) in [5, 5.41) is 13.3. The minimum Gasteiger partial charge on any atom is -0.481 e. The molecule has 0 fully saturated rings. The summed E-state index contributed by atoms with van der Waals surface area (Å²) >= 11 is 0. The van der Waals surface area contributed by atoms with E-state index in [9.17, 15) is 13.2 Å². The molecule has 0 radical (unpaired) electrons. The molecule has 0 unspecified atom stereocenters. The van der Waals surface area contributed by atoms with Crippen molar-refractivity contribution in [2.75, 3.05) is 12.8 Å². The van der Waals surface area contributed by atoms with Crippen LogP contribution >= 0.6 is 0 Å². The molecule has 0 bridgehead atoms. The first-order chi connectivity index (χ1) is 11.4. The van der Waals surface area contributed by atoms with Gasteiger partial charge in [-0.1, -0.05) is 6.07 Å². The monoisotopic (exact) mass is 336 g/mol. The van der Waals surface area contributed by atoms with Gasteiger partial charge in [-0.25, -0.2) is 10.1 Å². The first-order valence-corrected chi connectivity index (χ1v) is 6.66. The van der Waals surface area contributed by atoms with Gasteiger partial charge in [0.2, 0.25) is 5.88 Å². The van der Waals surface area contributed by atoms with Gasteiger partial charge in [-0.05, 0) is 39.8 Å². The van der Waals surface area contributed by atoms with Gasteiger partial charge < -0.3 is 10.5 Å². The number of nitrogens with zero attached hydrogens (tertiary/aromatic N) is 4. The molecule has 2 heterocycles. The number of H-pyrrole nitrogens is 1. The Bertz CT molecular complexity index is 863. The van der Waals surface area contributed by atoms with Gasteiger partial charge >= 0.3 is 6.18 Å². The Labute approximate surface area is 133 Å². The van der Waals surface area contributed by atoms with Crippen molar-refractivity contribution < 1.29 is 17.9 Å². The van der Waals surface area contributed by atoms with Crippen molar-refractivity contribution in [1.82, 2.24) is 25.6 Å². The molecule has 2 aromatic heterocycles. The highest BCUT2D eigenvalue weighted by Crippen LogP contribution is 2.36. The zero-order chi connectivity index (χ0) is 17.3. The second-order valence-corrected chi connectivity index (χ2v) is 4.84. The van der Waals surface area contributed by atoms with Crippen molar-refractivity contribution in [3.8, 4) is 28.4 Å². The van der Waals surface area contributed by atoms with E-state index in [1.807, 2.05) is 0 Å². The Morgan fingerprint density at radius 2 is 1.92 bits per heavy atom. The maximum Gasteiger partial charge on any atom is 0.433 e. The number of alkyl halides is 3. The number of nitrogens with one attached hydrogen (secondary N) is 1. The van der Waals surface area contributed by atoms with Gasteiger partial charge in [0.15, 0.2) is 5.82 Å². The van der Waals surface area contributed by atoms with E-state index in [1.165, 1.54) is 13.2 Å². The van der Waals surface area contributed by atoms with Crippen molar-refractivity contribution in [1.29, 1.82) is 0 Å². The van der Waals surface area contributed by atoms with Gasteiger partial charge in [0.1, 0.15) is 5.69 Å². The van der Waals surface area contributed by atoms with Crippen molar-refractivity contribution >= 4 is 5.69 Å². The first-order valence-electron chi connectivity index (χ1n) is 6.66. The van der Waals surface area contributed by atoms with Crippen molar-refractivity contribution in [3.05, 3.63) is 36.0 Å². The number of benzene rings is 1. The average Bonchev–Trinajstić information content (AvgIpc) is 3.07. The molecule has 0 aliphatic carbocycles. The second-order valence-electron chi connectivity index (χ2n) is 4.84. The molecule has 0 saturated heterocycles. The maximum atomic E-state index is 13.1. The molecule has 3 rings (SSSR count). The Morgan fingerprint density at radius 1 is 1.12 bits per heavy atom. The second kappa shape index (κ2) is 5.80. The van der Waals surface area contributed by atoms with E-state index in [2.05, 4.69) is 25.6 Å². The summed E-state index contributed by atoms with van der Waals surface area (Å²) in [7, 11) is 1.25. The molecule has 0 amide bonds. The molecular formula is C14H11F3N6O. The molecule has 0 aliphatic heterocycles.